The van der Waals surface area contributed by atoms with Gasteiger partial charge in [-0.3, -0.25) is 0 Å². The molecule has 4 nitrogen and oxygen atoms in total. The fourth-order valence-electron chi connectivity index (χ4n) is 6.25. The van der Waals surface area contributed by atoms with Crippen molar-refractivity contribution in [2.24, 2.45) is 0 Å². The lowest BCUT2D eigenvalue weighted by Crippen LogP contribution is -2.17. The Bertz CT molecular complexity index is 1970. The lowest BCUT2D eigenvalue weighted by molar-refractivity contribution is 0.620. The minimum atomic E-state index is -0.402. The van der Waals surface area contributed by atoms with Gasteiger partial charge < -0.3 is 4.42 Å². The highest BCUT2D eigenvalue weighted by atomic mass is 16.3. The van der Waals surface area contributed by atoms with Crippen LogP contribution < -0.4 is 0 Å². The Morgan fingerprint density at radius 3 is 1.95 bits per heavy atom. The second kappa shape index (κ2) is 9.53. The van der Waals surface area contributed by atoms with Crippen LogP contribution in [0.25, 0.3) is 55.9 Å². The molecule has 1 aliphatic carbocycles. The average molecular weight is 532 g/mol. The van der Waals surface area contributed by atoms with E-state index in [1.807, 2.05) is 78.9 Å². The van der Waals surface area contributed by atoms with Gasteiger partial charge in [0.1, 0.15) is 11.2 Å². The summed E-state index contributed by atoms with van der Waals surface area (Å²) in [6.45, 7) is 10.9. The molecule has 4 aromatic carbocycles. The first-order valence-electron chi connectivity index (χ1n) is 13.9. The number of allylic oxidation sites excluding steroid dienone is 5. The summed E-state index contributed by atoms with van der Waals surface area (Å²) in [5.41, 5.74) is 8.79. The third-order valence-corrected chi connectivity index (χ3v) is 8.06. The molecule has 0 spiro atoms. The van der Waals surface area contributed by atoms with E-state index in [1.165, 1.54) is 11.1 Å². The maximum absolute atomic E-state index is 6.53. The first-order valence-corrected chi connectivity index (χ1v) is 13.9. The fourth-order valence-corrected chi connectivity index (χ4v) is 6.25. The number of furan rings is 1. The van der Waals surface area contributed by atoms with Gasteiger partial charge in [0.2, 0.25) is 0 Å². The van der Waals surface area contributed by atoms with Gasteiger partial charge >= 0.3 is 0 Å². The SMILES string of the molecule is C=CC(=C1/C(=C\C)c2ccc3c(oc4ccccc43)c2C1(C)C)c1nc(-c2ccccc2)nc(-c2ccccc2)n1. The molecule has 0 unspecified atom stereocenters. The van der Waals surface area contributed by atoms with Gasteiger partial charge in [0, 0.05) is 38.5 Å². The minimum absolute atomic E-state index is 0.402. The van der Waals surface area contributed by atoms with Crippen LogP contribution in [0, 0.1) is 0 Å². The third kappa shape index (κ3) is 3.86. The standard InChI is InChI=1S/C37H29N3O/c1-5-25-28-21-22-29-27-19-13-14-20-30(27)41-33(29)32(28)37(3,4)31(25)26(6-2)36-39-34(23-15-9-7-10-16-23)38-35(40-36)24-17-11-8-12-18-24/h5-22H,2H2,1,3-4H3/b25-5-,31-26?. The normalized spacial score (nSPS) is 16.3. The van der Waals surface area contributed by atoms with E-state index in [2.05, 4.69) is 57.7 Å². The number of aromatic nitrogens is 3. The largest absolute Gasteiger partial charge is 0.456 e. The van der Waals surface area contributed by atoms with Gasteiger partial charge in [0.15, 0.2) is 17.5 Å². The molecular formula is C37H29N3O. The maximum atomic E-state index is 6.53. The molecule has 6 aromatic rings. The summed E-state index contributed by atoms with van der Waals surface area (Å²) in [6.07, 6.45) is 4.07. The fraction of sp³-hybridized carbons (Fsp3) is 0.108. The Balaban J connectivity index is 1.51. The van der Waals surface area contributed by atoms with E-state index in [0.29, 0.717) is 17.5 Å². The Labute approximate surface area is 239 Å². The zero-order chi connectivity index (χ0) is 28.1. The van der Waals surface area contributed by atoms with Gasteiger partial charge in [-0.2, -0.15) is 0 Å². The van der Waals surface area contributed by atoms with Crippen LogP contribution in [-0.4, -0.2) is 15.0 Å². The van der Waals surface area contributed by atoms with Crippen LogP contribution in [0.2, 0.25) is 0 Å². The number of nitrogens with zero attached hydrogens (tertiary/aromatic N) is 3. The Kier molecular flexibility index (Phi) is 5.79. The molecule has 2 heterocycles. The lowest BCUT2D eigenvalue weighted by Gasteiger charge is -2.24. The number of fused-ring (bicyclic) bond motifs is 5. The van der Waals surface area contributed by atoms with E-state index in [9.17, 15) is 0 Å². The molecule has 1 aliphatic rings. The number of rotatable bonds is 4. The predicted molar refractivity (Wildman–Crippen MR) is 168 cm³/mol. The molecule has 0 atom stereocenters. The highest BCUT2D eigenvalue weighted by Gasteiger charge is 2.42. The third-order valence-electron chi connectivity index (χ3n) is 8.06. The molecule has 0 saturated carbocycles. The second-order valence-corrected chi connectivity index (χ2v) is 10.8. The van der Waals surface area contributed by atoms with Crippen molar-refractivity contribution >= 4 is 33.1 Å². The van der Waals surface area contributed by atoms with Crippen LogP contribution in [-0.2, 0) is 5.41 Å². The van der Waals surface area contributed by atoms with E-state index in [1.54, 1.807) is 0 Å². The Hall–Kier alpha value is -5.09. The van der Waals surface area contributed by atoms with Crippen molar-refractivity contribution in [1.82, 2.24) is 15.0 Å². The van der Waals surface area contributed by atoms with Gasteiger partial charge in [0.05, 0.1) is 0 Å². The zero-order valence-corrected chi connectivity index (χ0v) is 23.3. The molecule has 4 heteroatoms. The van der Waals surface area contributed by atoms with Crippen LogP contribution in [0.5, 0.6) is 0 Å². The van der Waals surface area contributed by atoms with Gasteiger partial charge in [-0.1, -0.05) is 118 Å². The molecule has 0 bridgehead atoms. The summed E-state index contributed by atoms with van der Waals surface area (Å²) < 4.78 is 6.53. The number of hydrogen-bond donors (Lipinski definition) is 0. The number of hydrogen-bond acceptors (Lipinski definition) is 4. The van der Waals surface area contributed by atoms with Gasteiger partial charge in [0.25, 0.3) is 0 Å². The van der Waals surface area contributed by atoms with Crippen LogP contribution in [0.15, 0.2) is 126 Å². The quantitative estimate of drug-likeness (QED) is 0.227. The maximum Gasteiger partial charge on any atom is 0.164 e. The number of para-hydroxylation sites is 1. The van der Waals surface area contributed by atoms with Gasteiger partial charge in [-0.15, -0.1) is 0 Å². The zero-order valence-electron chi connectivity index (χ0n) is 23.3. The summed E-state index contributed by atoms with van der Waals surface area (Å²) in [5, 5.41) is 2.25. The molecule has 7 rings (SSSR count). The van der Waals surface area contributed by atoms with Gasteiger partial charge in [-0.05, 0) is 35.8 Å². The van der Waals surface area contributed by atoms with Crippen LogP contribution in [0.3, 0.4) is 0 Å². The van der Waals surface area contributed by atoms with Crippen molar-refractivity contribution in [3.05, 3.63) is 138 Å². The highest BCUT2D eigenvalue weighted by molar-refractivity contribution is 6.10. The molecule has 0 aliphatic heterocycles. The molecular weight excluding hydrogens is 502 g/mol. The Morgan fingerprint density at radius 1 is 0.732 bits per heavy atom. The summed E-state index contributed by atoms with van der Waals surface area (Å²) in [4.78, 5) is 15.0. The highest BCUT2D eigenvalue weighted by Crippen LogP contribution is 2.55. The van der Waals surface area contributed by atoms with E-state index < -0.39 is 5.41 Å². The summed E-state index contributed by atoms with van der Waals surface area (Å²) in [6, 6.07) is 32.7. The average Bonchev–Trinajstić information content (AvgIpc) is 3.50. The minimum Gasteiger partial charge on any atom is -0.456 e. The van der Waals surface area contributed by atoms with Crippen molar-refractivity contribution < 1.29 is 4.42 Å². The molecule has 0 N–H and O–H groups in total. The summed E-state index contributed by atoms with van der Waals surface area (Å²) in [7, 11) is 0. The van der Waals surface area contributed by atoms with E-state index in [0.717, 1.165) is 49.8 Å². The molecule has 2 aromatic heterocycles. The smallest absolute Gasteiger partial charge is 0.164 e. The van der Waals surface area contributed by atoms with E-state index >= 15 is 0 Å². The summed E-state index contributed by atoms with van der Waals surface area (Å²) >= 11 is 0. The monoisotopic (exact) mass is 531 g/mol. The molecule has 41 heavy (non-hydrogen) atoms. The summed E-state index contributed by atoms with van der Waals surface area (Å²) in [5.74, 6) is 1.86. The van der Waals surface area contributed by atoms with Crippen molar-refractivity contribution in [3.8, 4) is 22.8 Å². The topological polar surface area (TPSA) is 51.8 Å². The van der Waals surface area contributed by atoms with Gasteiger partial charge in [-0.25, -0.2) is 15.0 Å². The molecule has 0 fully saturated rings. The van der Waals surface area contributed by atoms with E-state index in [-0.39, 0.29) is 0 Å². The molecule has 0 amide bonds. The second-order valence-electron chi connectivity index (χ2n) is 10.8. The number of benzene rings is 4. The van der Waals surface area contributed by atoms with Crippen LogP contribution >= 0.6 is 0 Å². The molecule has 198 valence electrons. The van der Waals surface area contributed by atoms with Crippen LogP contribution in [0.4, 0.5) is 0 Å². The molecule has 0 saturated heterocycles. The lowest BCUT2D eigenvalue weighted by atomic mass is 9.79. The van der Waals surface area contributed by atoms with Crippen molar-refractivity contribution in [2.75, 3.05) is 0 Å². The predicted octanol–water partition coefficient (Wildman–Crippen LogP) is 9.44. The van der Waals surface area contributed by atoms with Crippen molar-refractivity contribution in [3.63, 3.8) is 0 Å². The first kappa shape index (κ1) is 24.9. The van der Waals surface area contributed by atoms with Crippen molar-refractivity contribution in [1.29, 1.82) is 0 Å². The Morgan fingerprint density at radius 2 is 1.34 bits per heavy atom. The van der Waals surface area contributed by atoms with Crippen molar-refractivity contribution in [2.45, 2.75) is 26.2 Å². The first-order chi connectivity index (χ1) is 20.0. The molecule has 0 radical (unpaired) electrons. The van der Waals surface area contributed by atoms with E-state index in [4.69, 9.17) is 19.4 Å². The van der Waals surface area contributed by atoms with Crippen LogP contribution in [0.1, 0.15) is 37.7 Å².